The summed E-state index contributed by atoms with van der Waals surface area (Å²) in [7, 11) is 0. The number of hydrogen-bond donors (Lipinski definition) is 0. The summed E-state index contributed by atoms with van der Waals surface area (Å²) in [6, 6.07) is 17.8. The minimum atomic E-state index is -0.389. The molecule has 24 heavy (non-hydrogen) atoms. The van der Waals surface area contributed by atoms with Crippen molar-refractivity contribution in [3.05, 3.63) is 60.2 Å². The summed E-state index contributed by atoms with van der Waals surface area (Å²) in [5, 5.41) is 0. The first kappa shape index (κ1) is 18.3. The van der Waals surface area contributed by atoms with Crippen LogP contribution in [0.15, 0.2) is 54.6 Å². The third kappa shape index (κ3) is 6.63. The predicted molar refractivity (Wildman–Crippen MR) is 97.6 cm³/mol. The van der Waals surface area contributed by atoms with E-state index in [2.05, 4.69) is 12.1 Å². The van der Waals surface area contributed by atoms with Crippen LogP contribution in [-0.2, 0) is 11.3 Å². The van der Waals surface area contributed by atoms with E-state index in [-0.39, 0.29) is 11.2 Å². The lowest BCUT2D eigenvalue weighted by atomic mass is 10.1. The highest BCUT2D eigenvalue weighted by molar-refractivity contribution is 5.32. The molecule has 3 nitrogen and oxygen atoms in total. The second-order valence-corrected chi connectivity index (χ2v) is 7.51. The summed E-state index contributed by atoms with van der Waals surface area (Å²) in [4.78, 5) is 0. The molecule has 0 aliphatic rings. The van der Waals surface area contributed by atoms with E-state index in [0.29, 0.717) is 13.2 Å². The van der Waals surface area contributed by atoms with Crippen molar-refractivity contribution in [1.29, 1.82) is 0 Å². The molecule has 2 rings (SSSR count). The van der Waals surface area contributed by atoms with E-state index in [1.54, 1.807) is 0 Å². The number of hydrogen-bond acceptors (Lipinski definition) is 3. The zero-order chi connectivity index (χ0) is 17.6. The van der Waals surface area contributed by atoms with E-state index < -0.39 is 0 Å². The van der Waals surface area contributed by atoms with E-state index >= 15 is 0 Å². The topological polar surface area (TPSA) is 27.7 Å². The molecule has 2 aromatic rings. The molecule has 3 heteroatoms. The van der Waals surface area contributed by atoms with Crippen molar-refractivity contribution < 1.29 is 14.2 Å². The van der Waals surface area contributed by atoms with Gasteiger partial charge in [-0.05, 0) is 64.4 Å². The zero-order valence-corrected chi connectivity index (χ0v) is 15.3. The first-order valence-electron chi connectivity index (χ1n) is 8.33. The summed E-state index contributed by atoms with van der Waals surface area (Å²) in [6.07, 6.45) is 0. The molecular formula is C21H28O3. The van der Waals surface area contributed by atoms with Crippen LogP contribution in [0, 0.1) is 0 Å². The Kier molecular flexibility index (Phi) is 5.89. The molecule has 0 aromatic heterocycles. The summed E-state index contributed by atoms with van der Waals surface area (Å²) < 4.78 is 17.7. The van der Waals surface area contributed by atoms with E-state index in [1.165, 1.54) is 0 Å². The fraction of sp³-hybridized carbons (Fsp3) is 0.429. The molecule has 130 valence electrons. The lowest BCUT2D eigenvalue weighted by Crippen LogP contribution is -2.37. The van der Waals surface area contributed by atoms with Gasteiger partial charge in [0.1, 0.15) is 23.7 Å². The first-order valence-corrected chi connectivity index (χ1v) is 8.33. The van der Waals surface area contributed by atoms with Gasteiger partial charge in [-0.15, -0.1) is 0 Å². The van der Waals surface area contributed by atoms with Gasteiger partial charge < -0.3 is 14.2 Å². The Morgan fingerprint density at radius 3 is 1.92 bits per heavy atom. The Bertz CT molecular complexity index is 610. The van der Waals surface area contributed by atoms with Gasteiger partial charge >= 0.3 is 0 Å². The monoisotopic (exact) mass is 328 g/mol. The van der Waals surface area contributed by atoms with Crippen LogP contribution >= 0.6 is 0 Å². The van der Waals surface area contributed by atoms with Crippen molar-refractivity contribution in [2.45, 2.75) is 52.4 Å². The average molecular weight is 328 g/mol. The molecule has 0 spiro atoms. The summed E-state index contributed by atoms with van der Waals surface area (Å²) in [5.41, 5.74) is 0.591. The van der Waals surface area contributed by atoms with Crippen molar-refractivity contribution in [2.75, 3.05) is 6.61 Å². The third-order valence-corrected chi connectivity index (χ3v) is 3.32. The fourth-order valence-electron chi connectivity index (χ4n) is 2.08. The van der Waals surface area contributed by atoms with Crippen LogP contribution in [0.1, 0.15) is 40.2 Å². The highest BCUT2D eigenvalue weighted by Crippen LogP contribution is 2.23. The minimum Gasteiger partial charge on any atom is -0.489 e. The number of rotatable bonds is 7. The molecule has 0 fully saturated rings. The van der Waals surface area contributed by atoms with Crippen molar-refractivity contribution in [3.63, 3.8) is 0 Å². The average Bonchev–Trinajstić information content (AvgIpc) is 2.53. The van der Waals surface area contributed by atoms with E-state index in [0.717, 1.165) is 17.1 Å². The van der Waals surface area contributed by atoms with Gasteiger partial charge in [-0.2, -0.15) is 0 Å². The molecule has 0 atom stereocenters. The largest absolute Gasteiger partial charge is 0.489 e. The van der Waals surface area contributed by atoms with Gasteiger partial charge in [0.25, 0.3) is 0 Å². The van der Waals surface area contributed by atoms with Gasteiger partial charge in [-0.3, -0.25) is 0 Å². The van der Waals surface area contributed by atoms with Gasteiger partial charge in [0.15, 0.2) is 0 Å². The molecule has 0 aliphatic carbocycles. The smallest absolute Gasteiger partial charge is 0.127 e. The molecule has 0 saturated heterocycles. The Morgan fingerprint density at radius 1 is 0.750 bits per heavy atom. The highest BCUT2D eigenvalue weighted by atomic mass is 16.6. The Labute approximate surface area is 145 Å². The second kappa shape index (κ2) is 7.71. The quantitative estimate of drug-likeness (QED) is 0.696. The van der Waals surface area contributed by atoms with Crippen LogP contribution < -0.4 is 9.47 Å². The van der Waals surface area contributed by atoms with E-state index in [1.807, 2.05) is 77.1 Å². The fourth-order valence-corrected chi connectivity index (χ4v) is 2.08. The van der Waals surface area contributed by atoms with E-state index in [4.69, 9.17) is 14.2 Å². The van der Waals surface area contributed by atoms with Gasteiger partial charge in [0, 0.05) is 0 Å². The van der Waals surface area contributed by atoms with Gasteiger partial charge in [-0.1, -0.05) is 30.3 Å². The van der Waals surface area contributed by atoms with Crippen LogP contribution in [0.2, 0.25) is 0 Å². The number of benzene rings is 2. The Morgan fingerprint density at radius 2 is 1.33 bits per heavy atom. The molecule has 2 aromatic carbocycles. The van der Waals surface area contributed by atoms with Crippen LogP contribution in [0.25, 0.3) is 0 Å². The lowest BCUT2D eigenvalue weighted by molar-refractivity contribution is -0.0723. The van der Waals surface area contributed by atoms with Crippen molar-refractivity contribution in [1.82, 2.24) is 0 Å². The van der Waals surface area contributed by atoms with Gasteiger partial charge in [0.05, 0.1) is 12.2 Å². The number of ether oxygens (including phenoxy) is 3. The molecule has 0 amide bonds. The lowest BCUT2D eigenvalue weighted by Gasteiger charge is -2.30. The minimum absolute atomic E-state index is 0.171. The molecule has 0 saturated carbocycles. The zero-order valence-electron chi connectivity index (χ0n) is 15.3. The highest BCUT2D eigenvalue weighted by Gasteiger charge is 2.23. The molecule has 0 bridgehead atoms. The molecule has 0 N–H and O–H groups in total. The molecule has 0 unspecified atom stereocenters. The molecular weight excluding hydrogens is 300 g/mol. The maximum atomic E-state index is 6.03. The van der Waals surface area contributed by atoms with Crippen molar-refractivity contribution >= 4 is 0 Å². The van der Waals surface area contributed by atoms with Crippen LogP contribution in [0.3, 0.4) is 0 Å². The Hall–Kier alpha value is -2.00. The second-order valence-electron chi connectivity index (χ2n) is 7.51. The summed E-state index contributed by atoms with van der Waals surface area (Å²) in [5.74, 6) is 1.64. The third-order valence-electron chi connectivity index (χ3n) is 3.32. The van der Waals surface area contributed by atoms with Gasteiger partial charge in [-0.25, -0.2) is 0 Å². The molecule has 0 radical (unpaired) electrons. The SMILES string of the molecule is CC(C)(C)OCC(C)(C)Oc1ccc(OCc2ccccc2)cc1. The Balaban J connectivity index is 1.87. The molecule has 0 aliphatic heterocycles. The molecule has 0 heterocycles. The maximum Gasteiger partial charge on any atom is 0.127 e. The normalized spacial score (nSPS) is 12.0. The summed E-state index contributed by atoms with van der Waals surface area (Å²) >= 11 is 0. The predicted octanol–water partition coefficient (Wildman–Crippen LogP) is 5.24. The van der Waals surface area contributed by atoms with Crippen LogP contribution in [0.4, 0.5) is 0 Å². The van der Waals surface area contributed by atoms with Crippen molar-refractivity contribution in [2.24, 2.45) is 0 Å². The van der Waals surface area contributed by atoms with Crippen molar-refractivity contribution in [3.8, 4) is 11.5 Å². The van der Waals surface area contributed by atoms with E-state index in [9.17, 15) is 0 Å². The standard InChI is InChI=1S/C21H28O3/c1-20(2,3)23-16-21(4,5)24-19-13-11-18(12-14-19)22-15-17-9-7-6-8-10-17/h6-14H,15-16H2,1-5H3. The first-order chi connectivity index (χ1) is 11.2. The van der Waals surface area contributed by atoms with Gasteiger partial charge in [0.2, 0.25) is 0 Å². The van der Waals surface area contributed by atoms with Crippen LogP contribution in [-0.4, -0.2) is 17.8 Å². The van der Waals surface area contributed by atoms with Crippen LogP contribution in [0.5, 0.6) is 11.5 Å². The summed E-state index contributed by atoms with van der Waals surface area (Å²) in [6.45, 7) is 11.3. The maximum absolute atomic E-state index is 6.03.